The van der Waals surface area contributed by atoms with Crippen molar-refractivity contribution in [3.63, 3.8) is 0 Å². The molecule has 3 aliphatic rings. The van der Waals surface area contributed by atoms with Gasteiger partial charge in [0.2, 0.25) is 11.8 Å². The van der Waals surface area contributed by atoms with Gasteiger partial charge in [-0.3, -0.25) is 9.59 Å². The van der Waals surface area contributed by atoms with Gasteiger partial charge in [0.05, 0.1) is 5.92 Å². The van der Waals surface area contributed by atoms with Crippen LogP contribution in [0.5, 0.6) is 0 Å². The molecular formula is C21H29N3O2. The van der Waals surface area contributed by atoms with Gasteiger partial charge >= 0.3 is 0 Å². The van der Waals surface area contributed by atoms with E-state index >= 15 is 0 Å². The van der Waals surface area contributed by atoms with Crippen molar-refractivity contribution in [2.45, 2.75) is 45.1 Å². The van der Waals surface area contributed by atoms with Crippen LogP contribution in [0.2, 0.25) is 0 Å². The third-order valence-corrected chi connectivity index (χ3v) is 6.31. The zero-order chi connectivity index (χ0) is 18.1. The lowest BCUT2D eigenvalue weighted by molar-refractivity contribution is -0.137. The number of carbonyl (C=O) groups excluding carboxylic acids is 2. The highest BCUT2D eigenvalue weighted by molar-refractivity contribution is 6.00. The van der Waals surface area contributed by atoms with E-state index in [1.165, 1.54) is 25.9 Å². The van der Waals surface area contributed by atoms with E-state index < -0.39 is 0 Å². The molecule has 3 fully saturated rings. The molecule has 0 unspecified atom stereocenters. The van der Waals surface area contributed by atoms with E-state index in [0.717, 1.165) is 37.2 Å². The number of hydrogen-bond donors (Lipinski definition) is 0. The maximum atomic E-state index is 13.0. The molecular weight excluding hydrogens is 326 g/mol. The van der Waals surface area contributed by atoms with Crippen molar-refractivity contribution in [1.82, 2.24) is 9.80 Å². The molecule has 1 aromatic carbocycles. The Morgan fingerprint density at radius 2 is 1.73 bits per heavy atom. The molecule has 0 spiro atoms. The van der Waals surface area contributed by atoms with Crippen LogP contribution in [0.25, 0.3) is 0 Å². The molecule has 3 aliphatic heterocycles. The standard InChI is InChI=1S/C21H29N3O2/c1-16-6-2-3-7-19(16)24-15-17(14-20(24)25)21(26)23-12-8-18(9-13-23)22-10-4-5-11-22/h2-3,6-7,17-18H,4-5,8-15H2,1H3/t17-/m0/s1. The Hall–Kier alpha value is -1.88. The summed E-state index contributed by atoms with van der Waals surface area (Å²) in [7, 11) is 0. The Balaban J connectivity index is 1.36. The second-order valence-corrected chi connectivity index (χ2v) is 7.99. The van der Waals surface area contributed by atoms with Gasteiger partial charge in [-0.2, -0.15) is 0 Å². The molecule has 4 rings (SSSR count). The SMILES string of the molecule is Cc1ccccc1N1C[C@@H](C(=O)N2CCC(N3CCCC3)CC2)CC1=O. The van der Waals surface area contributed by atoms with Gasteiger partial charge in [-0.05, 0) is 57.3 Å². The van der Waals surface area contributed by atoms with Crippen LogP contribution >= 0.6 is 0 Å². The molecule has 3 saturated heterocycles. The van der Waals surface area contributed by atoms with Crippen LogP contribution in [0.1, 0.15) is 37.7 Å². The van der Waals surface area contributed by atoms with Crippen LogP contribution in [-0.4, -0.2) is 60.4 Å². The molecule has 5 nitrogen and oxygen atoms in total. The van der Waals surface area contributed by atoms with Crippen LogP contribution in [0.15, 0.2) is 24.3 Å². The summed E-state index contributed by atoms with van der Waals surface area (Å²) in [5.41, 5.74) is 2.03. The fourth-order valence-corrected chi connectivity index (χ4v) is 4.79. The minimum Gasteiger partial charge on any atom is -0.342 e. The molecule has 1 aromatic rings. The van der Waals surface area contributed by atoms with Gasteiger partial charge in [-0.25, -0.2) is 0 Å². The minimum absolute atomic E-state index is 0.0737. The van der Waals surface area contributed by atoms with Gasteiger partial charge in [0, 0.05) is 37.8 Å². The van der Waals surface area contributed by atoms with Crippen molar-refractivity contribution < 1.29 is 9.59 Å². The smallest absolute Gasteiger partial charge is 0.228 e. The fraction of sp³-hybridized carbons (Fsp3) is 0.619. The third kappa shape index (κ3) is 3.37. The summed E-state index contributed by atoms with van der Waals surface area (Å²) in [5.74, 6) is 0.0596. The van der Waals surface area contributed by atoms with Crippen molar-refractivity contribution in [2.24, 2.45) is 5.92 Å². The zero-order valence-electron chi connectivity index (χ0n) is 15.7. The highest BCUT2D eigenvalue weighted by Crippen LogP contribution is 2.30. The number of rotatable bonds is 3. The number of hydrogen-bond acceptors (Lipinski definition) is 3. The summed E-state index contributed by atoms with van der Waals surface area (Å²) in [4.78, 5) is 31.9. The Morgan fingerprint density at radius 1 is 1.04 bits per heavy atom. The average molecular weight is 355 g/mol. The van der Waals surface area contributed by atoms with Crippen molar-refractivity contribution >= 4 is 17.5 Å². The quantitative estimate of drug-likeness (QED) is 0.836. The predicted molar refractivity (Wildman–Crippen MR) is 102 cm³/mol. The number of anilines is 1. The molecule has 5 heteroatoms. The van der Waals surface area contributed by atoms with E-state index in [-0.39, 0.29) is 17.7 Å². The van der Waals surface area contributed by atoms with Crippen LogP contribution in [-0.2, 0) is 9.59 Å². The van der Waals surface area contributed by atoms with Crippen molar-refractivity contribution in [2.75, 3.05) is 37.6 Å². The van der Waals surface area contributed by atoms with E-state index in [9.17, 15) is 9.59 Å². The number of para-hydroxylation sites is 1. The van der Waals surface area contributed by atoms with Crippen molar-refractivity contribution in [1.29, 1.82) is 0 Å². The maximum Gasteiger partial charge on any atom is 0.228 e. The Bertz CT molecular complexity index is 676. The Kier molecular flexibility index (Phi) is 4.98. The summed E-state index contributed by atoms with van der Waals surface area (Å²) >= 11 is 0. The van der Waals surface area contributed by atoms with E-state index in [1.807, 2.05) is 36.1 Å². The second-order valence-electron chi connectivity index (χ2n) is 7.99. The number of likely N-dealkylation sites (tertiary alicyclic amines) is 2. The predicted octanol–water partition coefficient (Wildman–Crippen LogP) is 2.43. The monoisotopic (exact) mass is 355 g/mol. The number of carbonyl (C=O) groups is 2. The molecule has 3 heterocycles. The number of benzene rings is 1. The van der Waals surface area contributed by atoms with Gasteiger partial charge in [0.15, 0.2) is 0 Å². The van der Waals surface area contributed by atoms with Gasteiger partial charge in [0.25, 0.3) is 0 Å². The summed E-state index contributed by atoms with van der Waals surface area (Å²) < 4.78 is 0. The van der Waals surface area contributed by atoms with Gasteiger partial charge in [-0.15, -0.1) is 0 Å². The largest absolute Gasteiger partial charge is 0.342 e. The highest BCUT2D eigenvalue weighted by atomic mass is 16.2. The average Bonchev–Trinajstić information content (AvgIpc) is 3.32. The number of nitrogens with zero attached hydrogens (tertiary/aromatic N) is 3. The molecule has 0 aliphatic carbocycles. The lowest BCUT2D eigenvalue weighted by Gasteiger charge is -2.37. The van der Waals surface area contributed by atoms with Crippen LogP contribution in [0.3, 0.4) is 0 Å². The first-order valence-electron chi connectivity index (χ1n) is 10.0. The van der Waals surface area contributed by atoms with E-state index in [2.05, 4.69) is 4.90 Å². The first-order valence-corrected chi connectivity index (χ1v) is 10.0. The van der Waals surface area contributed by atoms with Crippen molar-refractivity contribution in [3.05, 3.63) is 29.8 Å². The lowest BCUT2D eigenvalue weighted by atomic mass is 10.0. The topological polar surface area (TPSA) is 43.9 Å². The molecule has 2 amide bonds. The molecule has 1 atom stereocenters. The first-order chi connectivity index (χ1) is 12.6. The van der Waals surface area contributed by atoms with E-state index in [0.29, 0.717) is 19.0 Å². The van der Waals surface area contributed by atoms with Crippen LogP contribution in [0.4, 0.5) is 5.69 Å². The van der Waals surface area contributed by atoms with Crippen LogP contribution < -0.4 is 4.90 Å². The summed E-state index contributed by atoms with van der Waals surface area (Å²) in [6.07, 6.45) is 5.14. The number of aryl methyl sites for hydroxylation is 1. The van der Waals surface area contributed by atoms with Crippen LogP contribution in [0, 0.1) is 12.8 Å². The molecule has 26 heavy (non-hydrogen) atoms. The van der Waals surface area contributed by atoms with Crippen molar-refractivity contribution in [3.8, 4) is 0 Å². The molecule has 0 saturated carbocycles. The maximum absolute atomic E-state index is 13.0. The molecule has 0 radical (unpaired) electrons. The van der Waals surface area contributed by atoms with Gasteiger partial charge in [0.1, 0.15) is 0 Å². The van der Waals surface area contributed by atoms with E-state index in [1.54, 1.807) is 4.90 Å². The normalized spacial score (nSPS) is 25.3. The van der Waals surface area contributed by atoms with Gasteiger partial charge in [-0.1, -0.05) is 18.2 Å². The fourth-order valence-electron chi connectivity index (χ4n) is 4.79. The zero-order valence-corrected chi connectivity index (χ0v) is 15.7. The summed E-state index contributed by atoms with van der Waals surface area (Å²) in [6, 6.07) is 8.57. The lowest BCUT2D eigenvalue weighted by Crippen LogP contribution is -2.47. The second kappa shape index (κ2) is 7.39. The molecule has 140 valence electrons. The highest BCUT2D eigenvalue weighted by Gasteiger charge is 2.39. The third-order valence-electron chi connectivity index (χ3n) is 6.31. The first kappa shape index (κ1) is 17.5. The number of piperidine rings is 1. The summed E-state index contributed by atoms with van der Waals surface area (Å²) in [6.45, 7) is 6.67. The summed E-state index contributed by atoms with van der Waals surface area (Å²) in [5, 5.41) is 0. The Labute approximate surface area is 155 Å². The number of amides is 2. The molecule has 0 bridgehead atoms. The molecule has 0 N–H and O–H groups in total. The van der Waals surface area contributed by atoms with Gasteiger partial charge < -0.3 is 14.7 Å². The Morgan fingerprint density at radius 3 is 2.42 bits per heavy atom. The van der Waals surface area contributed by atoms with E-state index in [4.69, 9.17) is 0 Å². The minimum atomic E-state index is -0.189. The molecule has 0 aromatic heterocycles.